The van der Waals surface area contributed by atoms with E-state index in [4.69, 9.17) is 23.1 Å². The Balaban J connectivity index is 2.81. The van der Waals surface area contributed by atoms with Crippen LogP contribution in [0, 0.1) is 0 Å². The van der Waals surface area contributed by atoms with Crippen molar-refractivity contribution in [3.8, 4) is 0 Å². The zero-order chi connectivity index (χ0) is 8.27. The van der Waals surface area contributed by atoms with Crippen LogP contribution in [0.1, 0.15) is 11.6 Å². The molecule has 1 aromatic carbocycles. The van der Waals surface area contributed by atoms with Crippen molar-refractivity contribution in [1.29, 1.82) is 0 Å². The number of benzene rings is 1. The maximum atomic E-state index is 5.69. The molecule has 0 fully saturated rings. The Morgan fingerprint density at radius 3 is 2.27 bits per heavy atom. The van der Waals surface area contributed by atoms with Crippen molar-refractivity contribution in [2.75, 3.05) is 6.54 Å². The summed E-state index contributed by atoms with van der Waals surface area (Å²) in [4.78, 5) is 0. The summed E-state index contributed by atoms with van der Waals surface area (Å²) in [5.74, 6) is 0. The second-order valence-corrected chi connectivity index (χ2v) is 2.83. The van der Waals surface area contributed by atoms with Gasteiger partial charge in [0, 0.05) is 17.6 Å². The van der Waals surface area contributed by atoms with Crippen molar-refractivity contribution < 1.29 is 0 Å². The van der Waals surface area contributed by atoms with Crippen LogP contribution >= 0.6 is 11.6 Å². The van der Waals surface area contributed by atoms with Gasteiger partial charge in [0.25, 0.3) is 0 Å². The van der Waals surface area contributed by atoms with Crippen molar-refractivity contribution in [1.82, 2.24) is 0 Å². The van der Waals surface area contributed by atoms with E-state index < -0.39 is 0 Å². The van der Waals surface area contributed by atoms with Crippen molar-refractivity contribution in [2.24, 2.45) is 11.5 Å². The zero-order valence-electron chi connectivity index (χ0n) is 6.13. The van der Waals surface area contributed by atoms with E-state index in [0.717, 1.165) is 10.6 Å². The minimum Gasteiger partial charge on any atom is -0.329 e. The van der Waals surface area contributed by atoms with Gasteiger partial charge in [-0.3, -0.25) is 0 Å². The summed E-state index contributed by atoms with van der Waals surface area (Å²) >= 11 is 5.69. The highest BCUT2D eigenvalue weighted by Gasteiger charge is 2.01. The smallest absolute Gasteiger partial charge is 0.0419 e. The highest BCUT2D eigenvalue weighted by molar-refractivity contribution is 6.30. The highest BCUT2D eigenvalue weighted by atomic mass is 35.5. The van der Waals surface area contributed by atoms with Crippen LogP contribution in [0.4, 0.5) is 0 Å². The lowest BCUT2D eigenvalue weighted by molar-refractivity contribution is 0.737. The lowest BCUT2D eigenvalue weighted by Crippen LogP contribution is -2.20. The van der Waals surface area contributed by atoms with Crippen LogP contribution in [0.25, 0.3) is 0 Å². The predicted octanol–water partition coefficient (Wildman–Crippen LogP) is 1.30. The molecule has 0 saturated carbocycles. The van der Waals surface area contributed by atoms with E-state index in [1.807, 2.05) is 24.3 Å². The number of halogens is 1. The van der Waals surface area contributed by atoms with Crippen molar-refractivity contribution >= 4 is 11.6 Å². The van der Waals surface area contributed by atoms with Gasteiger partial charge in [-0.25, -0.2) is 0 Å². The van der Waals surface area contributed by atoms with E-state index in [2.05, 4.69) is 0 Å². The molecule has 0 unspecified atom stereocenters. The SMILES string of the molecule is NC[C@@H](N)c1ccc(Cl)cc1. The molecule has 0 aliphatic heterocycles. The molecule has 0 spiro atoms. The lowest BCUT2D eigenvalue weighted by Gasteiger charge is -2.07. The fourth-order valence-electron chi connectivity index (χ4n) is 0.846. The minimum atomic E-state index is -0.0766. The second-order valence-electron chi connectivity index (χ2n) is 2.39. The molecule has 4 N–H and O–H groups in total. The van der Waals surface area contributed by atoms with Gasteiger partial charge in [-0.2, -0.15) is 0 Å². The van der Waals surface area contributed by atoms with Crippen molar-refractivity contribution in [2.45, 2.75) is 6.04 Å². The third-order valence-corrected chi connectivity index (χ3v) is 1.80. The van der Waals surface area contributed by atoms with Crippen molar-refractivity contribution in [3.05, 3.63) is 34.9 Å². The first kappa shape index (κ1) is 8.53. The Morgan fingerprint density at radius 2 is 1.82 bits per heavy atom. The molecule has 0 bridgehead atoms. The van der Waals surface area contributed by atoms with E-state index in [1.165, 1.54) is 0 Å². The molecule has 0 aliphatic carbocycles. The first-order valence-corrected chi connectivity index (χ1v) is 3.83. The molecule has 0 radical (unpaired) electrons. The predicted molar refractivity (Wildman–Crippen MR) is 47.4 cm³/mol. The third-order valence-electron chi connectivity index (χ3n) is 1.55. The summed E-state index contributed by atoms with van der Waals surface area (Å²) in [6.45, 7) is 0.460. The number of rotatable bonds is 2. The molecule has 3 heteroatoms. The molecule has 60 valence electrons. The van der Waals surface area contributed by atoms with Gasteiger partial charge in [0.2, 0.25) is 0 Å². The van der Waals surface area contributed by atoms with Gasteiger partial charge in [0.05, 0.1) is 0 Å². The van der Waals surface area contributed by atoms with Gasteiger partial charge in [0.1, 0.15) is 0 Å². The molecule has 1 rings (SSSR count). The average Bonchev–Trinajstić information content (AvgIpc) is 2.05. The van der Waals surface area contributed by atoms with Gasteiger partial charge in [-0.1, -0.05) is 23.7 Å². The van der Waals surface area contributed by atoms with Crippen LogP contribution in [0.15, 0.2) is 24.3 Å². The van der Waals surface area contributed by atoms with Crippen LogP contribution < -0.4 is 11.5 Å². The Labute approximate surface area is 71.1 Å². The fourth-order valence-corrected chi connectivity index (χ4v) is 0.972. The lowest BCUT2D eigenvalue weighted by atomic mass is 10.1. The van der Waals surface area contributed by atoms with Gasteiger partial charge < -0.3 is 11.5 Å². The summed E-state index contributed by atoms with van der Waals surface area (Å²) in [6.07, 6.45) is 0. The molecule has 0 amide bonds. The van der Waals surface area contributed by atoms with E-state index in [1.54, 1.807) is 0 Å². The standard InChI is InChI=1S/C8H11ClN2/c9-7-3-1-6(2-4-7)8(11)5-10/h1-4,8H,5,10-11H2/t8-/m1/s1. The van der Waals surface area contributed by atoms with E-state index in [9.17, 15) is 0 Å². The Bertz CT molecular complexity index is 220. The molecular weight excluding hydrogens is 160 g/mol. The average molecular weight is 171 g/mol. The fraction of sp³-hybridized carbons (Fsp3) is 0.250. The Morgan fingerprint density at radius 1 is 1.27 bits per heavy atom. The molecule has 0 heterocycles. The molecular formula is C8H11ClN2. The maximum Gasteiger partial charge on any atom is 0.0419 e. The summed E-state index contributed by atoms with van der Waals surface area (Å²) < 4.78 is 0. The van der Waals surface area contributed by atoms with E-state index in [0.29, 0.717) is 6.54 Å². The first-order chi connectivity index (χ1) is 5.24. The summed E-state index contributed by atoms with van der Waals surface area (Å²) in [7, 11) is 0. The zero-order valence-corrected chi connectivity index (χ0v) is 6.88. The summed E-state index contributed by atoms with van der Waals surface area (Å²) in [5, 5.41) is 0.720. The summed E-state index contributed by atoms with van der Waals surface area (Å²) in [6, 6.07) is 7.32. The highest BCUT2D eigenvalue weighted by Crippen LogP contribution is 2.13. The quantitative estimate of drug-likeness (QED) is 0.703. The molecule has 0 aliphatic rings. The van der Waals surface area contributed by atoms with Gasteiger partial charge in [-0.15, -0.1) is 0 Å². The largest absolute Gasteiger partial charge is 0.329 e. The van der Waals surface area contributed by atoms with Crippen LogP contribution in [0.2, 0.25) is 5.02 Å². The first-order valence-electron chi connectivity index (χ1n) is 3.45. The van der Waals surface area contributed by atoms with Gasteiger partial charge >= 0.3 is 0 Å². The molecule has 11 heavy (non-hydrogen) atoms. The number of nitrogens with two attached hydrogens (primary N) is 2. The van der Waals surface area contributed by atoms with Crippen LogP contribution in [-0.2, 0) is 0 Å². The Kier molecular flexibility index (Phi) is 2.88. The monoisotopic (exact) mass is 170 g/mol. The third kappa shape index (κ3) is 2.19. The normalized spacial score (nSPS) is 13.0. The molecule has 1 aromatic rings. The number of hydrogen-bond donors (Lipinski definition) is 2. The number of hydrogen-bond acceptors (Lipinski definition) is 2. The summed E-state index contributed by atoms with van der Waals surface area (Å²) in [5.41, 5.74) is 12.1. The topological polar surface area (TPSA) is 52.0 Å². The maximum absolute atomic E-state index is 5.69. The second kappa shape index (κ2) is 3.72. The van der Waals surface area contributed by atoms with Gasteiger partial charge in [-0.05, 0) is 17.7 Å². The minimum absolute atomic E-state index is 0.0766. The molecule has 2 nitrogen and oxygen atoms in total. The van der Waals surface area contributed by atoms with E-state index in [-0.39, 0.29) is 6.04 Å². The molecule has 0 saturated heterocycles. The van der Waals surface area contributed by atoms with Crippen molar-refractivity contribution in [3.63, 3.8) is 0 Å². The molecule has 0 aromatic heterocycles. The van der Waals surface area contributed by atoms with Crippen LogP contribution in [-0.4, -0.2) is 6.54 Å². The van der Waals surface area contributed by atoms with Crippen LogP contribution in [0.3, 0.4) is 0 Å². The van der Waals surface area contributed by atoms with E-state index >= 15 is 0 Å². The molecule has 1 atom stereocenters. The Hall–Kier alpha value is -0.570. The van der Waals surface area contributed by atoms with Gasteiger partial charge in [0.15, 0.2) is 0 Å². The van der Waals surface area contributed by atoms with Crippen LogP contribution in [0.5, 0.6) is 0 Å².